The van der Waals surface area contributed by atoms with E-state index in [4.69, 9.17) is 4.74 Å². The van der Waals surface area contributed by atoms with Crippen molar-refractivity contribution < 1.29 is 13.2 Å². The third kappa shape index (κ3) is 4.44. The van der Waals surface area contributed by atoms with E-state index in [1.807, 2.05) is 42.5 Å². The molecule has 4 rings (SSSR count). The maximum Gasteiger partial charge on any atom is 0.263 e. The van der Waals surface area contributed by atoms with E-state index in [0.717, 1.165) is 17.7 Å². The molecule has 1 aromatic heterocycles. The third-order valence-corrected chi connectivity index (χ3v) is 6.18. The van der Waals surface area contributed by atoms with Gasteiger partial charge in [-0.25, -0.2) is 18.4 Å². The molecule has 0 amide bonds. The highest BCUT2D eigenvalue weighted by Gasteiger charge is 2.19. The fourth-order valence-electron chi connectivity index (χ4n) is 3.18. The normalized spacial score (nSPS) is 11.3. The molecule has 3 aromatic carbocycles. The van der Waals surface area contributed by atoms with Crippen LogP contribution in [0.15, 0.2) is 77.7 Å². The van der Waals surface area contributed by atoms with Crippen LogP contribution in [0.4, 0.5) is 17.3 Å². The average molecular weight is 435 g/mol. The summed E-state index contributed by atoms with van der Waals surface area (Å²) in [7, 11) is -2.36. The summed E-state index contributed by atoms with van der Waals surface area (Å²) < 4.78 is 33.7. The number of para-hydroxylation sites is 3. The summed E-state index contributed by atoms with van der Waals surface area (Å²) in [4.78, 5) is 9.26. The monoisotopic (exact) mass is 434 g/mol. The fourth-order valence-corrected chi connectivity index (χ4v) is 4.19. The molecule has 1 heterocycles. The number of hydrogen-bond donors (Lipinski definition) is 2. The van der Waals surface area contributed by atoms with Gasteiger partial charge in [-0.15, -0.1) is 0 Å². The van der Waals surface area contributed by atoms with Crippen molar-refractivity contribution in [2.24, 2.45) is 0 Å². The quantitative estimate of drug-likeness (QED) is 0.436. The van der Waals surface area contributed by atoms with Gasteiger partial charge in [0.15, 0.2) is 11.6 Å². The molecule has 0 aliphatic heterocycles. The van der Waals surface area contributed by atoms with Gasteiger partial charge in [0, 0.05) is 5.69 Å². The van der Waals surface area contributed by atoms with Gasteiger partial charge >= 0.3 is 0 Å². The Morgan fingerprint density at radius 2 is 1.45 bits per heavy atom. The Morgan fingerprint density at radius 3 is 2.10 bits per heavy atom. The van der Waals surface area contributed by atoms with Gasteiger partial charge in [0.05, 0.1) is 23.0 Å². The van der Waals surface area contributed by atoms with Gasteiger partial charge < -0.3 is 10.1 Å². The molecule has 0 bridgehead atoms. The lowest BCUT2D eigenvalue weighted by molar-refractivity contribution is 0.414. The van der Waals surface area contributed by atoms with Crippen LogP contribution in [-0.4, -0.2) is 25.5 Å². The zero-order valence-corrected chi connectivity index (χ0v) is 18.0. The molecule has 0 unspecified atom stereocenters. The van der Waals surface area contributed by atoms with Crippen molar-refractivity contribution in [2.45, 2.75) is 18.2 Å². The lowest BCUT2D eigenvalue weighted by Crippen LogP contribution is -2.16. The van der Waals surface area contributed by atoms with E-state index < -0.39 is 10.0 Å². The summed E-state index contributed by atoms with van der Waals surface area (Å²) in [5, 5.41) is 3.26. The van der Waals surface area contributed by atoms with E-state index in [-0.39, 0.29) is 10.7 Å². The van der Waals surface area contributed by atoms with Gasteiger partial charge in [-0.05, 0) is 54.4 Å². The lowest BCUT2D eigenvalue weighted by Gasteiger charge is -2.15. The number of fused-ring (bicyclic) bond motifs is 1. The molecule has 0 atom stereocenters. The van der Waals surface area contributed by atoms with Gasteiger partial charge in [0.1, 0.15) is 5.75 Å². The van der Waals surface area contributed by atoms with Crippen molar-refractivity contribution in [3.8, 4) is 5.75 Å². The van der Waals surface area contributed by atoms with E-state index in [2.05, 4.69) is 26.9 Å². The highest BCUT2D eigenvalue weighted by atomic mass is 32.2. The first kappa shape index (κ1) is 20.6. The van der Waals surface area contributed by atoms with E-state index in [9.17, 15) is 8.42 Å². The van der Waals surface area contributed by atoms with Crippen LogP contribution in [0.5, 0.6) is 5.75 Å². The summed E-state index contributed by atoms with van der Waals surface area (Å²) >= 11 is 0. The van der Waals surface area contributed by atoms with Crippen LogP contribution in [0.2, 0.25) is 0 Å². The fraction of sp³-hybridized carbons (Fsp3) is 0.130. The van der Waals surface area contributed by atoms with Crippen molar-refractivity contribution in [3.63, 3.8) is 0 Å². The molecular formula is C23H22N4O3S. The summed E-state index contributed by atoms with van der Waals surface area (Å²) in [6.45, 7) is 2.06. The molecule has 0 radical (unpaired) electrons. The first-order valence-corrected chi connectivity index (χ1v) is 11.3. The van der Waals surface area contributed by atoms with Crippen LogP contribution in [0.25, 0.3) is 11.0 Å². The Balaban J connectivity index is 1.77. The second-order valence-corrected chi connectivity index (χ2v) is 8.51. The molecule has 4 aromatic rings. The third-order valence-electron chi connectivity index (χ3n) is 4.82. The Morgan fingerprint density at radius 1 is 0.839 bits per heavy atom. The number of rotatable bonds is 7. The largest absolute Gasteiger partial charge is 0.497 e. The van der Waals surface area contributed by atoms with Gasteiger partial charge in [-0.1, -0.05) is 37.3 Å². The Kier molecular flexibility index (Phi) is 5.73. The summed E-state index contributed by atoms with van der Waals surface area (Å²) in [6, 6.07) is 21.3. The SMILES string of the molecule is CCc1ccccc1Nc1nc2ccccc2nc1NS(=O)(=O)c1ccc(OC)cc1. The van der Waals surface area contributed by atoms with Gasteiger partial charge in [-0.3, -0.25) is 4.72 Å². The van der Waals surface area contributed by atoms with Crippen molar-refractivity contribution in [1.29, 1.82) is 0 Å². The maximum absolute atomic E-state index is 13.0. The molecule has 0 spiro atoms. The standard InChI is InChI=1S/C23H22N4O3S/c1-3-16-8-4-5-9-19(16)24-22-23(26-21-11-7-6-10-20(21)25-22)27-31(28,29)18-14-12-17(30-2)13-15-18/h4-15H,3H2,1-2H3,(H,24,25)(H,26,27). The Bertz CT molecular complexity index is 1320. The molecule has 7 nitrogen and oxygen atoms in total. The maximum atomic E-state index is 13.0. The minimum Gasteiger partial charge on any atom is -0.497 e. The number of sulfonamides is 1. The van der Waals surface area contributed by atoms with E-state index >= 15 is 0 Å². The predicted octanol–water partition coefficient (Wildman–Crippen LogP) is 4.75. The molecule has 0 saturated carbocycles. The summed E-state index contributed by atoms with van der Waals surface area (Å²) in [6.07, 6.45) is 0.817. The molecule has 158 valence electrons. The van der Waals surface area contributed by atoms with Crippen LogP contribution in [-0.2, 0) is 16.4 Å². The number of aromatic nitrogens is 2. The van der Waals surface area contributed by atoms with Crippen molar-refractivity contribution >= 4 is 38.4 Å². The van der Waals surface area contributed by atoms with Crippen LogP contribution in [0, 0.1) is 0 Å². The Labute approximate surface area is 181 Å². The number of ether oxygens (including phenoxy) is 1. The Hall–Kier alpha value is -3.65. The minimum absolute atomic E-state index is 0.100. The van der Waals surface area contributed by atoms with Gasteiger partial charge in [0.2, 0.25) is 0 Å². The number of nitrogens with one attached hydrogen (secondary N) is 2. The number of hydrogen-bond acceptors (Lipinski definition) is 6. The number of anilines is 3. The second-order valence-electron chi connectivity index (χ2n) is 6.83. The van der Waals surface area contributed by atoms with Crippen molar-refractivity contribution in [2.75, 3.05) is 17.1 Å². The first-order valence-electron chi connectivity index (χ1n) is 9.79. The summed E-state index contributed by atoms with van der Waals surface area (Å²) in [5.74, 6) is 1.03. The highest BCUT2D eigenvalue weighted by Crippen LogP contribution is 2.29. The zero-order valence-electron chi connectivity index (χ0n) is 17.2. The summed E-state index contributed by atoms with van der Waals surface area (Å²) in [5.41, 5.74) is 3.18. The van der Waals surface area contributed by atoms with Crippen LogP contribution >= 0.6 is 0 Å². The molecule has 2 N–H and O–H groups in total. The molecule has 0 saturated heterocycles. The number of benzene rings is 3. The average Bonchev–Trinajstić information content (AvgIpc) is 2.79. The number of methoxy groups -OCH3 is 1. The molecule has 8 heteroatoms. The van der Waals surface area contributed by atoms with Gasteiger partial charge in [0.25, 0.3) is 10.0 Å². The predicted molar refractivity (Wildman–Crippen MR) is 122 cm³/mol. The number of nitrogens with zero attached hydrogens (tertiary/aromatic N) is 2. The first-order chi connectivity index (χ1) is 15.0. The lowest BCUT2D eigenvalue weighted by atomic mass is 10.1. The highest BCUT2D eigenvalue weighted by molar-refractivity contribution is 7.92. The number of aryl methyl sites for hydroxylation is 1. The molecule has 0 fully saturated rings. The van der Waals surface area contributed by atoms with Crippen LogP contribution < -0.4 is 14.8 Å². The minimum atomic E-state index is -3.89. The zero-order chi connectivity index (χ0) is 21.8. The van der Waals surface area contributed by atoms with Crippen molar-refractivity contribution in [3.05, 3.63) is 78.4 Å². The van der Waals surface area contributed by atoms with Gasteiger partial charge in [-0.2, -0.15) is 0 Å². The van der Waals surface area contributed by atoms with Crippen LogP contribution in [0.1, 0.15) is 12.5 Å². The van der Waals surface area contributed by atoms with Crippen LogP contribution in [0.3, 0.4) is 0 Å². The van der Waals surface area contributed by atoms with Crippen molar-refractivity contribution in [1.82, 2.24) is 9.97 Å². The smallest absolute Gasteiger partial charge is 0.263 e. The molecule has 0 aliphatic carbocycles. The topological polar surface area (TPSA) is 93.2 Å². The second kappa shape index (κ2) is 8.61. The molecule has 0 aliphatic rings. The molecular weight excluding hydrogens is 412 g/mol. The van der Waals surface area contributed by atoms with E-state index in [1.54, 1.807) is 18.2 Å². The van der Waals surface area contributed by atoms with E-state index in [1.165, 1.54) is 19.2 Å². The van der Waals surface area contributed by atoms with E-state index in [0.29, 0.717) is 22.6 Å². The molecule has 31 heavy (non-hydrogen) atoms.